The first kappa shape index (κ1) is 17.5. The monoisotopic (exact) mass is 362 g/mol. The average molecular weight is 362 g/mol. The molecule has 8 heteroatoms. The fourth-order valence-electron chi connectivity index (χ4n) is 2.59. The Bertz CT molecular complexity index is 1060. The van der Waals surface area contributed by atoms with Gasteiger partial charge in [0.05, 0.1) is 18.3 Å². The molecule has 0 aliphatic heterocycles. The van der Waals surface area contributed by atoms with Crippen LogP contribution in [0.15, 0.2) is 41.2 Å². The number of aromatic amines is 1. The summed E-state index contributed by atoms with van der Waals surface area (Å²) in [4.78, 5) is 26.7. The van der Waals surface area contributed by atoms with Gasteiger partial charge in [0.1, 0.15) is 23.0 Å². The smallest absolute Gasteiger partial charge is 0.345 e. The average Bonchev–Trinajstić information content (AvgIpc) is 2.60. The van der Waals surface area contributed by atoms with Crippen LogP contribution < -0.4 is 10.9 Å². The summed E-state index contributed by atoms with van der Waals surface area (Å²) >= 11 is 0. The Kier molecular flexibility index (Phi) is 4.66. The number of nitrogens with one attached hydrogen (secondary N) is 2. The molecule has 0 radical (unpaired) electrons. The lowest BCUT2D eigenvalue weighted by molar-refractivity contribution is 0.0600. The summed E-state index contributed by atoms with van der Waals surface area (Å²) in [6.45, 7) is -0.162. The number of ether oxygens (including phenoxy) is 1. The molecule has 3 rings (SSSR count). The molecule has 0 saturated carbocycles. The maximum absolute atomic E-state index is 13.8. The third kappa shape index (κ3) is 3.26. The Balaban J connectivity index is 2.13. The number of carbonyl (C=O) groups excluding carboxylic acids is 1. The van der Waals surface area contributed by atoms with Crippen LogP contribution >= 0.6 is 0 Å². The molecular weight excluding hydrogens is 349 g/mol. The highest BCUT2D eigenvalue weighted by molar-refractivity contribution is 6.04. The van der Waals surface area contributed by atoms with E-state index in [1.165, 1.54) is 12.1 Å². The summed E-state index contributed by atoms with van der Waals surface area (Å²) in [5.74, 6) is -3.04. The van der Waals surface area contributed by atoms with Gasteiger partial charge in [-0.2, -0.15) is 0 Å². The van der Waals surface area contributed by atoms with Crippen LogP contribution in [0.4, 0.5) is 18.9 Å². The molecule has 0 aliphatic carbocycles. The van der Waals surface area contributed by atoms with Crippen molar-refractivity contribution in [1.29, 1.82) is 0 Å². The van der Waals surface area contributed by atoms with Gasteiger partial charge in [-0.1, -0.05) is 6.07 Å². The highest BCUT2D eigenvalue weighted by Gasteiger charge is 2.20. The normalized spacial score (nSPS) is 10.8. The quantitative estimate of drug-likeness (QED) is 0.699. The van der Waals surface area contributed by atoms with Crippen molar-refractivity contribution in [3.05, 3.63) is 75.3 Å². The highest BCUT2D eigenvalue weighted by atomic mass is 19.1. The highest BCUT2D eigenvalue weighted by Crippen LogP contribution is 2.26. The molecule has 3 aromatic rings. The van der Waals surface area contributed by atoms with Gasteiger partial charge in [0.2, 0.25) is 0 Å². The van der Waals surface area contributed by atoms with Crippen molar-refractivity contribution in [2.24, 2.45) is 0 Å². The van der Waals surface area contributed by atoms with E-state index in [2.05, 4.69) is 15.0 Å². The van der Waals surface area contributed by atoms with Gasteiger partial charge in [-0.05, 0) is 24.3 Å². The molecule has 1 aromatic heterocycles. The van der Waals surface area contributed by atoms with Crippen LogP contribution in [-0.2, 0) is 11.3 Å². The Morgan fingerprint density at radius 3 is 2.50 bits per heavy atom. The second-order valence-electron chi connectivity index (χ2n) is 5.47. The number of methoxy groups -OCH3 is 1. The molecule has 0 unspecified atom stereocenters. The van der Waals surface area contributed by atoms with Crippen LogP contribution in [0.2, 0.25) is 0 Å². The number of aromatic nitrogens is 1. The molecule has 0 amide bonds. The molecule has 0 fully saturated rings. The fourth-order valence-corrected chi connectivity index (χ4v) is 2.59. The number of hydrogen-bond acceptors (Lipinski definition) is 4. The number of halogens is 3. The Labute approximate surface area is 145 Å². The molecule has 1 heterocycles. The van der Waals surface area contributed by atoms with Crippen LogP contribution in [0.1, 0.15) is 15.9 Å². The van der Waals surface area contributed by atoms with Gasteiger partial charge in [-0.25, -0.2) is 18.0 Å². The van der Waals surface area contributed by atoms with Crippen LogP contribution in [0.5, 0.6) is 0 Å². The van der Waals surface area contributed by atoms with Gasteiger partial charge >= 0.3 is 5.97 Å². The lowest BCUT2D eigenvalue weighted by atomic mass is 10.1. The Morgan fingerprint density at radius 2 is 1.81 bits per heavy atom. The number of esters is 1. The maximum atomic E-state index is 13.8. The first-order valence-electron chi connectivity index (χ1n) is 7.52. The van der Waals surface area contributed by atoms with Crippen molar-refractivity contribution in [1.82, 2.24) is 4.98 Å². The summed E-state index contributed by atoms with van der Waals surface area (Å²) in [7, 11) is 1.10. The van der Waals surface area contributed by atoms with Crippen molar-refractivity contribution >= 4 is 22.6 Å². The SMILES string of the molecule is COC(=O)c1c(NCc2ccc(F)cc2F)c2cc(F)ccc2[nH]c1=O. The molecule has 0 atom stereocenters. The minimum atomic E-state index is -0.931. The zero-order valence-electron chi connectivity index (χ0n) is 13.5. The number of pyridine rings is 1. The molecule has 5 nitrogen and oxygen atoms in total. The molecule has 0 saturated heterocycles. The van der Waals surface area contributed by atoms with Gasteiger partial charge in [0, 0.05) is 23.6 Å². The van der Waals surface area contributed by atoms with Crippen molar-refractivity contribution in [3.8, 4) is 0 Å². The third-order valence-electron chi connectivity index (χ3n) is 3.84. The number of hydrogen-bond donors (Lipinski definition) is 2. The van der Waals surface area contributed by atoms with Crippen LogP contribution in [0.3, 0.4) is 0 Å². The second-order valence-corrected chi connectivity index (χ2v) is 5.47. The Hall–Kier alpha value is -3.29. The fraction of sp³-hybridized carbons (Fsp3) is 0.111. The number of rotatable bonds is 4. The third-order valence-corrected chi connectivity index (χ3v) is 3.84. The number of fused-ring (bicyclic) bond motifs is 1. The largest absolute Gasteiger partial charge is 0.465 e. The van der Waals surface area contributed by atoms with E-state index in [4.69, 9.17) is 0 Å². The van der Waals surface area contributed by atoms with Crippen molar-refractivity contribution in [2.75, 3.05) is 12.4 Å². The van der Waals surface area contributed by atoms with E-state index in [1.54, 1.807) is 0 Å². The minimum absolute atomic E-state index is 0.00109. The van der Waals surface area contributed by atoms with Gasteiger partial charge in [0.25, 0.3) is 5.56 Å². The standard InChI is InChI=1S/C18H13F3N2O3/c1-26-18(25)15-16(22-8-9-2-3-11(20)7-13(9)21)12-6-10(19)4-5-14(12)23-17(15)24/h2-7H,8H2,1H3,(H2,22,23,24). The molecule has 134 valence electrons. The van der Waals surface area contributed by atoms with Gasteiger partial charge < -0.3 is 15.0 Å². The molecule has 2 aromatic carbocycles. The number of benzene rings is 2. The van der Waals surface area contributed by atoms with Crippen molar-refractivity contribution in [2.45, 2.75) is 6.54 Å². The van der Waals surface area contributed by atoms with Gasteiger partial charge in [-0.15, -0.1) is 0 Å². The van der Waals surface area contributed by atoms with E-state index >= 15 is 0 Å². The predicted octanol–water partition coefficient (Wildman–Crippen LogP) is 3.34. The second kappa shape index (κ2) is 6.91. The molecule has 0 spiro atoms. The minimum Gasteiger partial charge on any atom is -0.465 e. The van der Waals surface area contributed by atoms with Gasteiger partial charge in [-0.3, -0.25) is 4.79 Å². The van der Waals surface area contributed by atoms with Crippen LogP contribution in [-0.4, -0.2) is 18.1 Å². The van der Waals surface area contributed by atoms with E-state index in [9.17, 15) is 22.8 Å². The maximum Gasteiger partial charge on any atom is 0.345 e. The van der Waals surface area contributed by atoms with E-state index in [-0.39, 0.29) is 34.3 Å². The number of anilines is 1. The lowest BCUT2D eigenvalue weighted by Gasteiger charge is -2.14. The van der Waals surface area contributed by atoms with E-state index in [1.807, 2.05) is 0 Å². The zero-order chi connectivity index (χ0) is 18.8. The molecule has 26 heavy (non-hydrogen) atoms. The summed E-state index contributed by atoms with van der Waals surface area (Å²) in [6.07, 6.45) is 0. The first-order chi connectivity index (χ1) is 12.4. The topological polar surface area (TPSA) is 71.2 Å². The molecular formula is C18H13F3N2O3. The summed E-state index contributed by atoms with van der Waals surface area (Å²) in [5.41, 5.74) is -0.719. The van der Waals surface area contributed by atoms with Crippen LogP contribution in [0, 0.1) is 17.5 Å². The van der Waals surface area contributed by atoms with Gasteiger partial charge in [0.15, 0.2) is 0 Å². The van der Waals surface area contributed by atoms with E-state index in [0.29, 0.717) is 6.07 Å². The molecule has 0 bridgehead atoms. The van der Waals surface area contributed by atoms with Crippen LogP contribution in [0.25, 0.3) is 10.9 Å². The van der Waals surface area contributed by atoms with Crippen molar-refractivity contribution < 1.29 is 22.7 Å². The van der Waals surface area contributed by atoms with E-state index < -0.39 is 29.0 Å². The summed E-state index contributed by atoms with van der Waals surface area (Å²) in [5, 5.41) is 2.98. The molecule has 2 N–H and O–H groups in total. The first-order valence-corrected chi connectivity index (χ1v) is 7.52. The van der Waals surface area contributed by atoms with Crippen molar-refractivity contribution in [3.63, 3.8) is 0 Å². The molecule has 0 aliphatic rings. The summed E-state index contributed by atoms with van der Waals surface area (Å²) in [6, 6.07) is 6.65. The number of H-pyrrole nitrogens is 1. The lowest BCUT2D eigenvalue weighted by Crippen LogP contribution is -2.22. The van der Waals surface area contributed by atoms with E-state index in [0.717, 1.165) is 25.3 Å². The summed E-state index contributed by atoms with van der Waals surface area (Å²) < 4.78 is 45.1. The number of carbonyl (C=O) groups is 1. The Morgan fingerprint density at radius 1 is 1.12 bits per heavy atom. The zero-order valence-corrected chi connectivity index (χ0v) is 13.5. The predicted molar refractivity (Wildman–Crippen MR) is 89.6 cm³/mol.